The molecule has 1 aromatic heterocycles. The molecule has 0 aliphatic heterocycles. The number of carbonyl (C=O) groups is 1. The number of methoxy groups -OCH3 is 1. The molecule has 0 bridgehead atoms. The van der Waals surface area contributed by atoms with Gasteiger partial charge in [0, 0.05) is 11.4 Å². The summed E-state index contributed by atoms with van der Waals surface area (Å²) in [5.41, 5.74) is 0.921. The highest BCUT2D eigenvalue weighted by atomic mass is 32.1. The van der Waals surface area contributed by atoms with Gasteiger partial charge in [0.2, 0.25) is 0 Å². The van der Waals surface area contributed by atoms with Crippen molar-refractivity contribution in [3.05, 3.63) is 10.6 Å². The van der Waals surface area contributed by atoms with Crippen molar-refractivity contribution in [2.75, 3.05) is 19.0 Å². The number of ether oxygens (including phenoxy) is 1. The van der Waals surface area contributed by atoms with E-state index in [-0.39, 0.29) is 5.97 Å². The van der Waals surface area contributed by atoms with Crippen LogP contribution in [-0.4, -0.2) is 24.6 Å². The van der Waals surface area contributed by atoms with Gasteiger partial charge in [-0.3, -0.25) is 0 Å². The summed E-state index contributed by atoms with van der Waals surface area (Å²) in [6.45, 7) is 5.09. The second-order valence-electron chi connectivity index (χ2n) is 5.02. The minimum Gasteiger partial charge on any atom is -0.464 e. The maximum atomic E-state index is 11.5. The van der Waals surface area contributed by atoms with Crippen LogP contribution in [0.15, 0.2) is 0 Å². The third-order valence-corrected chi connectivity index (χ3v) is 4.46. The smallest absolute Gasteiger partial charge is 0.357 e. The fourth-order valence-corrected chi connectivity index (χ4v) is 3.04. The standard InChI is InChI=1S/C13H20N2O2S/c1-4-5-13(6-7-13)8-14-12-15-10(9(2)18-12)11(16)17-3/h4-8H2,1-3H3,(H,14,15). The van der Waals surface area contributed by atoms with Crippen LogP contribution < -0.4 is 5.32 Å². The number of thiazole rings is 1. The van der Waals surface area contributed by atoms with Crippen LogP contribution in [-0.2, 0) is 4.74 Å². The van der Waals surface area contributed by atoms with Gasteiger partial charge in [0.25, 0.3) is 0 Å². The minimum absolute atomic E-state index is 0.355. The number of rotatable bonds is 6. The average molecular weight is 268 g/mol. The predicted molar refractivity (Wildman–Crippen MR) is 73.3 cm³/mol. The monoisotopic (exact) mass is 268 g/mol. The molecular formula is C13H20N2O2S. The van der Waals surface area contributed by atoms with Gasteiger partial charge in [0.1, 0.15) is 0 Å². The first kappa shape index (κ1) is 13.3. The van der Waals surface area contributed by atoms with Gasteiger partial charge < -0.3 is 10.1 Å². The number of nitrogens with zero attached hydrogens (tertiary/aromatic N) is 1. The molecule has 1 aromatic rings. The SMILES string of the molecule is CCCC1(CNc2nc(C(=O)OC)c(C)s2)CC1. The van der Waals surface area contributed by atoms with Crippen LogP contribution in [0.3, 0.4) is 0 Å². The van der Waals surface area contributed by atoms with Crippen molar-refractivity contribution in [3.63, 3.8) is 0 Å². The number of aromatic nitrogens is 1. The topological polar surface area (TPSA) is 51.2 Å². The number of hydrogen-bond donors (Lipinski definition) is 1. The van der Waals surface area contributed by atoms with Gasteiger partial charge in [0.15, 0.2) is 10.8 Å². The predicted octanol–water partition coefficient (Wildman–Crippen LogP) is 3.23. The van der Waals surface area contributed by atoms with Crippen molar-refractivity contribution in [1.29, 1.82) is 0 Å². The summed E-state index contributed by atoms with van der Waals surface area (Å²) in [7, 11) is 1.38. The van der Waals surface area contributed by atoms with Crippen molar-refractivity contribution < 1.29 is 9.53 Å². The Morgan fingerprint density at radius 2 is 2.28 bits per heavy atom. The van der Waals surface area contributed by atoms with Crippen molar-refractivity contribution >= 4 is 22.4 Å². The Morgan fingerprint density at radius 1 is 1.56 bits per heavy atom. The van der Waals surface area contributed by atoms with Crippen LogP contribution in [0.4, 0.5) is 5.13 Å². The first-order chi connectivity index (χ1) is 8.60. The molecule has 1 aliphatic carbocycles. The zero-order valence-electron chi connectivity index (χ0n) is 11.2. The molecule has 1 saturated carbocycles. The maximum absolute atomic E-state index is 11.5. The van der Waals surface area contributed by atoms with E-state index in [1.165, 1.54) is 44.1 Å². The van der Waals surface area contributed by atoms with Crippen molar-refractivity contribution in [2.24, 2.45) is 5.41 Å². The van der Waals surface area contributed by atoms with E-state index in [0.29, 0.717) is 11.1 Å². The molecular weight excluding hydrogens is 248 g/mol. The fraction of sp³-hybridized carbons (Fsp3) is 0.692. The summed E-state index contributed by atoms with van der Waals surface area (Å²) < 4.78 is 4.70. The zero-order valence-corrected chi connectivity index (χ0v) is 12.0. The van der Waals surface area contributed by atoms with E-state index >= 15 is 0 Å². The van der Waals surface area contributed by atoms with Gasteiger partial charge in [-0.05, 0) is 31.6 Å². The second kappa shape index (κ2) is 5.26. The fourth-order valence-electron chi connectivity index (χ4n) is 2.24. The van der Waals surface area contributed by atoms with Crippen molar-refractivity contribution in [3.8, 4) is 0 Å². The third kappa shape index (κ3) is 2.83. The quantitative estimate of drug-likeness (QED) is 0.805. The zero-order chi connectivity index (χ0) is 13.2. The number of carbonyl (C=O) groups excluding carboxylic acids is 1. The van der Waals surface area contributed by atoms with Gasteiger partial charge in [-0.15, -0.1) is 11.3 Å². The number of anilines is 1. The summed E-state index contributed by atoms with van der Waals surface area (Å²) in [6, 6.07) is 0. The highest BCUT2D eigenvalue weighted by Gasteiger charge is 2.41. The molecule has 100 valence electrons. The van der Waals surface area contributed by atoms with Gasteiger partial charge in [-0.2, -0.15) is 0 Å². The Bertz CT molecular complexity index is 438. The molecule has 0 amide bonds. The molecule has 0 spiro atoms. The lowest BCUT2D eigenvalue weighted by Crippen LogP contribution is -2.15. The second-order valence-corrected chi connectivity index (χ2v) is 6.22. The molecule has 1 fully saturated rings. The van der Waals surface area contributed by atoms with Crippen LogP contribution in [0.1, 0.15) is 48.0 Å². The van der Waals surface area contributed by atoms with E-state index in [2.05, 4.69) is 17.2 Å². The molecule has 0 unspecified atom stereocenters. The number of aryl methyl sites for hydroxylation is 1. The molecule has 2 rings (SSSR count). The van der Waals surface area contributed by atoms with Crippen LogP contribution in [0, 0.1) is 12.3 Å². The average Bonchev–Trinajstić information content (AvgIpc) is 3.02. The lowest BCUT2D eigenvalue weighted by atomic mass is 10.0. The van der Waals surface area contributed by atoms with Gasteiger partial charge in [0.05, 0.1) is 7.11 Å². The molecule has 18 heavy (non-hydrogen) atoms. The molecule has 1 aliphatic rings. The van der Waals surface area contributed by atoms with Crippen LogP contribution >= 0.6 is 11.3 Å². The first-order valence-corrected chi connectivity index (χ1v) is 7.21. The molecule has 0 radical (unpaired) electrons. The Balaban J connectivity index is 1.96. The third-order valence-electron chi connectivity index (χ3n) is 3.53. The van der Waals surface area contributed by atoms with E-state index in [1.54, 1.807) is 0 Å². The summed E-state index contributed by atoms with van der Waals surface area (Å²) >= 11 is 1.52. The molecule has 0 saturated heterocycles. The minimum atomic E-state index is -0.355. The normalized spacial score (nSPS) is 16.4. The Kier molecular flexibility index (Phi) is 3.90. The van der Waals surface area contributed by atoms with Crippen molar-refractivity contribution in [1.82, 2.24) is 4.98 Å². The molecule has 5 heteroatoms. The lowest BCUT2D eigenvalue weighted by Gasteiger charge is -2.13. The lowest BCUT2D eigenvalue weighted by molar-refractivity contribution is 0.0594. The van der Waals surface area contributed by atoms with Gasteiger partial charge in [-0.25, -0.2) is 9.78 Å². The molecule has 0 aromatic carbocycles. The Labute approximate surface area is 112 Å². The van der Waals surface area contributed by atoms with E-state index in [1.807, 2.05) is 6.92 Å². The van der Waals surface area contributed by atoms with Crippen LogP contribution in [0.5, 0.6) is 0 Å². The number of nitrogens with one attached hydrogen (secondary N) is 1. The Hall–Kier alpha value is -1.10. The van der Waals surface area contributed by atoms with Gasteiger partial charge >= 0.3 is 5.97 Å². The van der Waals surface area contributed by atoms with Gasteiger partial charge in [-0.1, -0.05) is 13.3 Å². The van der Waals surface area contributed by atoms with Crippen LogP contribution in [0.2, 0.25) is 0 Å². The largest absolute Gasteiger partial charge is 0.464 e. The molecule has 0 atom stereocenters. The van der Waals surface area contributed by atoms with E-state index in [9.17, 15) is 4.79 Å². The summed E-state index contributed by atoms with van der Waals surface area (Å²) in [4.78, 5) is 16.7. The Morgan fingerprint density at radius 3 is 2.83 bits per heavy atom. The summed E-state index contributed by atoms with van der Waals surface area (Å²) in [6.07, 6.45) is 5.12. The van der Waals surface area contributed by atoms with Crippen molar-refractivity contribution in [2.45, 2.75) is 39.5 Å². The van der Waals surface area contributed by atoms with E-state index in [4.69, 9.17) is 4.74 Å². The first-order valence-electron chi connectivity index (χ1n) is 6.40. The molecule has 1 heterocycles. The highest BCUT2D eigenvalue weighted by molar-refractivity contribution is 7.15. The molecule has 1 N–H and O–H groups in total. The number of hydrogen-bond acceptors (Lipinski definition) is 5. The maximum Gasteiger partial charge on any atom is 0.357 e. The summed E-state index contributed by atoms with van der Waals surface area (Å²) in [5, 5.41) is 4.20. The van der Waals surface area contributed by atoms with E-state index < -0.39 is 0 Å². The van der Waals surface area contributed by atoms with Crippen LogP contribution in [0.25, 0.3) is 0 Å². The van der Waals surface area contributed by atoms with E-state index in [0.717, 1.165) is 16.6 Å². The molecule has 4 nitrogen and oxygen atoms in total. The highest BCUT2D eigenvalue weighted by Crippen LogP contribution is 2.49. The number of esters is 1. The summed E-state index contributed by atoms with van der Waals surface area (Å²) in [5.74, 6) is -0.355.